The van der Waals surface area contributed by atoms with E-state index in [9.17, 15) is 0 Å². The molecule has 0 unspecified atom stereocenters. The van der Waals surface area contributed by atoms with Gasteiger partial charge in [0, 0.05) is 12.1 Å². The lowest BCUT2D eigenvalue weighted by molar-refractivity contribution is 0.647. The van der Waals surface area contributed by atoms with E-state index >= 15 is 0 Å². The highest BCUT2D eigenvalue weighted by molar-refractivity contribution is 7.18. The van der Waals surface area contributed by atoms with Crippen LogP contribution < -0.4 is 0 Å². The molecule has 0 aliphatic carbocycles. The summed E-state index contributed by atoms with van der Waals surface area (Å²) in [6, 6.07) is 8.15. The minimum atomic E-state index is 0.657. The maximum absolute atomic E-state index is 5.67. The molecule has 0 amide bonds. The van der Waals surface area contributed by atoms with Gasteiger partial charge in [-0.1, -0.05) is 17.3 Å². The third-order valence-electron chi connectivity index (χ3n) is 2.79. The molecule has 98 valence electrons. The largest absolute Gasteiger partial charge is 0.245 e. The molecule has 0 aliphatic heterocycles. The van der Waals surface area contributed by atoms with Crippen LogP contribution in [0.4, 0.5) is 0 Å². The molecule has 3 aromatic rings. The van der Waals surface area contributed by atoms with Gasteiger partial charge in [-0.3, -0.25) is 0 Å². The van der Waals surface area contributed by atoms with E-state index in [0.29, 0.717) is 12.4 Å². The maximum atomic E-state index is 5.67. The Morgan fingerprint density at radius 2 is 2.16 bits per heavy atom. The molecule has 0 saturated heterocycles. The van der Waals surface area contributed by atoms with E-state index in [1.807, 2.05) is 29.1 Å². The summed E-state index contributed by atoms with van der Waals surface area (Å²) in [6.07, 6.45) is 3.78. The van der Waals surface area contributed by atoms with Crippen LogP contribution in [0.3, 0.4) is 0 Å². The Kier molecular flexibility index (Phi) is 3.75. The molecule has 0 saturated carbocycles. The molecule has 2 heterocycles. The summed E-state index contributed by atoms with van der Waals surface area (Å²) in [5.74, 6) is 0.657. The second kappa shape index (κ2) is 5.67. The van der Waals surface area contributed by atoms with Gasteiger partial charge in [0.05, 0.1) is 22.5 Å². The van der Waals surface area contributed by atoms with Crippen LogP contribution in [-0.2, 0) is 13.0 Å². The first-order valence-corrected chi connectivity index (χ1v) is 7.49. The van der Waals surface area contributed by atoms with Crippen molar-refractivity contribution in [2.75, 3.05) is 5.88 Å². The second-order valence-electron chi connectivity index (χ2n) is 4.28. The molecule has 19 heavy (non-hydrogen) atoms. The van der Waals surface area contributed by atoms with Crippen molar-refractivity contribution in [1.29, 1.82) is 0 Å². The molecule has 1 aromatic carbocycles. The molecule has 0 aliphatic rings. The summed E-state index contributed by atoms with van der Waals surface area (Å²) in [7, 11) is 0. The lowest BCUT2D eigenvalue weighted by atomic mass is 10.3. The number of aromatic nitrogens is 4. The quantitative estimate of drug-likeness (QED) is 0.679. The molecule has 0 N–H and O–H groups in total. The maximum Gasteiger partial charge on any atom is 0.115 e. The van der Waals surface area contributed by atoms with Gasteiger partial charge in [-0.2, -0.15) is 0 Å². The predicted octanol–water partition coefficient (Wildman–Crippen LogP) is 3.11. The van der Waals surface area contributed by atoms with Crippen LogP contribution in [0, 0.1) is 0 Å². The number of halogens is 1. The van der Waals surface area contributed by atoms with E-state index in [-0.39, 0.29) is 0 Å². The number of hydrogen-bond acceptors (Lipinski definition) is 4. The highest BCUT2D eigenvalue weighted by Crippen LogP contribution is 2.21. The van der Waals surface area contributed by atoms with Crippen molar-refractivity contribution in [1.82, 2.24) is 20.0 Å². The Morgan fingerprint density at radius 3 is 3.00 bits per heavy atom. The number of fused-ring (bicyclic) bond motifs is 1. The van der Waals surface area contributed by atoms with E-state index in [1.165, 1.54) is 4.70 Å². The van der Waals surface area contributed by atoms with Crippen LogP contribution in [0.1, 0.15) is 17.1 Å². The van der Waals surface area contributed by atoms with Gasteiger partial charge in [-0.05, 0) is 25.0 Å². The average molecular weight is 293 g/mol. The molecule has 6 heteroatoms. The number of rotatable bonds is 5. The van der Waals surface area contributed by atoms with Gasteiger partial charge >= 0.3 is 0 Å². The van der Waals surface area contributed by atoms with E-state index in [1.54, 1.807) is 11.3 Å². The lowest BCUT2D eigenvalue weighted by Gasteiger charge is -1.94. The monoisotopic (exact) mass is 292 g/mol. The first-order valence-electron chi connectivity index (χ1n) is 6.14. The van der Waals surface area contributed by atoms with E-state index < -0.39 is 0 Å². The first kappa shape index (κ1) is 12.6. The first-order chi connectivity index (χ1) is 9.35. The summed E-state index contributed by atoms with van der Waals surface area (Å²) in [5.41, 5.74) is 2.03. The van der Waals surface area contributed by atoms with E-state index in [4.69, 9.17) is 11.6 Å². The highest BCUT2D eigenvalue weighted by Gasteiger charge is 2.06. The summed E-state index contributed by atoms with van der Waals surface area (Å²) in [4.78, 5) is 4.59. The lowest BCUT2D eigenvalue weighted by Crippen LogP contribution is -1.99. The molecular formula is C13H13ClN4S. The van der Waals surface area contributed by atoms with E-state index in [2.05, 4.69) is 21.4 Å². The van der Waals surface area contributed by atoms with Crippen molar-refractivity contribution in [3.05, 3.63) is 41.2 Å². The fourth-order valence-corrected chi connectivity index (χ4v) is 3.00. The minimum Gasteiger partial charge on any atom is -0.245 e. The van der Waals surface area contributed by atoms with Crippen molar-refractivity contribution in [3.8, 4) is 0 Å². The van der Waals surface area contributed by atoms with Gasteiger partial charge in [0.25, 0.3) is 0 Å². The zero-order valence-corrected chi connectivity index (χ0v) is 11.9. The molecule has 4 nitrogen and oxygen atoms in total. The smallest absolute Gasteiger partial charge is 0.115 e. The van der Waals surface area contributed by atoms with Gasteiger partial charge in [0.2, 0.25) is 0 Å². The molecule has 0 bridgehead atoms. The Morgan fingerprint density at radius 1 is 1.26 bits per heavy atom. The number of aryl methyl sites for hydroxylation is 1. The predicted molar refractivity (Wildman–Crippen MR) is 77.8 cm³/mol. The van der Waals surface area contributed by atoms with Gasteiger partial charge in [0.15, 0.2) is 0 Å². The number of thiazole rings is 1. The molecule has 0 radical (unpaired) electrons. The molecule has 0 fully saturated rings. The highest BCUT2D eigenvalue weighted by atomic mass is 35.5. The number of alkyl halides is 1. The van der Waals surface area contributed by atoms with Crippen LogP contribution in [0.5, 0.6) is 0 Å². The normalized spacial score (nSPS) is 11.2. The second-order valence-corrected chi connectivity index (χ2v) is 5.77. The zero-order chi connectivity index (χ0) is 13.1. The van der Waals surface area contributed by atoms with Crippen LogP contribution >= 0.6 is 22.9 Å². The molecule has 0 atom stereocenters. The van der Waals surface area contributed by atoms with Crippen LogP contribution in [0.25, 0.3) is 10.2 Å². The average Bonchev–Trinajstić information content (AvgIpc) is 3.02. The summed E-state index contributed by atoms with van der Waals surface area (Å²) in [5, 5.41) is 9.31. The SMILES string of the molecule is ClCCCc1cn(Cc2nc3ccccc3s2)nn1. The van der Waals surface area contributed by atoms with Crippen molar-refractivity contribution in [2.24, 2.45) is 0 Å². The number of para-hydroxylation sites is 1. The Balaban J connectivity index is 1.75. The van der Waals surface area contributed by atoms with Gasteiger partial charge in [-0.15, -0.1) is 28.0 Å². The van der Waals surface area contributed by atoms with Gasteiger partial charge < -0.3 is 0 Å². The number of nitrogens with zero attached hydrogens (tertiary/aromatic N) is 4. The Labute approximate surface area is 120 Å². The van der Waals surface area contributed by atoms with Gasteiger partial charge in [-0.25, -0.2) is 9.67 Å². The van der Waals surface area contributed by atoms with Crippen molar-refractivity contribution in [2.45, 2.75) is 19.4 Å². The standard InChI is InChI=1S/C13H13ClN4S/c14-7-3-4-10-8-18(17-16-10)9-13-15-11-5-1-2-6-12(11)19-13/h1-2,5-6,8H,3-4,7,9H2. The third-order valence-corrected chi connectivity index (χ3v) is 4.08. The van der Waals surface area contributed by atoms with Crippen LogP contribution in [0.15, 0.2) is 30.5 Å². The number of benzene rings is 1. The fourth-order valence-electron chi connectivity index (χ4n) is 1.90. The van der Waals surface area contributed by atoms with E-state index in [0.717, 1.165) is 29.1 Å². The molecule has 2 aromatic heterocycles. The summed E-state index contributed by atoms with van der Waals surface area (Å²) in [6.45, 7) is 0.674. The molecular weight excluding hydrogens is 280 g/mol. The fraction of sp³-hybridized carbons (Fsp3) is 0.308. The Bertz CT molecular complexity index is 643. The van der Waals surface area contributed by atoms with Gasteiger partial charge in [0.1, 0.15) is 5.01 Å². The summed E-state index contributed by atoms with van der Waals surface area (Å²) < 4.78 is 3.04. The molecule has 0 spiro atoms. The Hall–Kier alpha value is -1.46. The zero-order valence-electron chi connectivity index (χ0n) is 10.3. The summed E-state index contributed by atoms with van der Waals surface area (Å²) >= 11 is 7.37. The molecule has 3 rings (SSSR count). The van der Waals surface area contributed by atoms with Crippen LogP contribution in [-0.4, -0.2) is 25.9 Å². The topological polar surface area (TPSA) is 43.6 Å². The van der Waals surface area contributed by atoms with Crippen LogP contribution in [0.2, 0.25) is 0 Å². The third kappa shape index (κ3) is 2.93. The number of hydrogen-bond donors (Lipinski definition) is 0. The van der Waals surface area contributed by atoms with Crippen molar-refractivity contribution < 1.29 is 0 Å². The van der Waals surface area contributed by atoms with Crippen molar-refractivity contribution in [3.63, 3.8) is 0 Å². The minimum absolute atomic E-state index is 0.657. The van der Waals surface area contributed by atoms with Crippen molar-refractivity contribution >= 4 is 33.2 Å².